The molecule has 0 aliphatic carbocycles. The smallest absolute Gasteiger partial charge is 0.0975 e. The highest BCUT2D eigenvalue weighted by atomic mass is 15.1. The maximum atomic E-state index is 8.96. The van der Waals surface area contributed by atoms with Gasteiger partial charge in [0.2, 0.25) is 0 Å². The highest BCUT2D eigenvalue weighted by Gasteiger charge is 2.13. The molecule has 0 bridgehead atoms. The Labute approximate surface area is 94.6 Å². The summed E-state index contributed by atoms with van der Waals surface area (Å²) in [7, 11) is 3.94. The van der Waals surface area contributed by atoms with Crippen LogP contribution in [0.3, 0.4) is 0 Å². The van der Waals surface area contributed by atoms with Gasteiger partial charge in [-0.3, -0.25) is 4.90 Å². The number of hydrogen-bond donors (Lipinski definition) is 0. The van der Waals surface area contributed by atoms with Gasteiger partial charge in [0.05, 0.1) is 12.1 Å². The van der Waals surface area contributed by atoms with Crippen molar-refractivity contribution in [1.29, 1.82) is 5.26 Å². The van der Waals surface area contributed by atoms with Crippen molar-refractivity contribution < 1.29 is 0 Å². The van der Waals surface area contributed by atoms with Gasteiger partial charge in [-0.25, -0.2) is 0 Å². The van der Waals surface area contributed by atoms with E-state index in [1.807, 2.05) is 19.0 Å². The largest absolute Gasteiger partial charge is 0.294 e. The predicted octanol–water partition coefficient (Wildman–Crippen LogP) is 3.21. The molecule has 0 rings (SSSR count). The molecule has 0 saturated heterocycles. The van der Waals surface area contributed by atoms with Gasteiger partial charge >= 0.3 is 0 Å². The second-order valence-electron chi connectivity index (χ2n) is 4.81. The van der Waals surface area contributed by atoms with E-state index in [1.54, 1.807) is 0 Å². The van der Waals surface area contributed by atoms with Gasteiger partial charge in [-0.1, -0.05) is 18.6 Å². The Bertz CT molecular complexity index is 231. The van der Waals surface area contributed by atoms with Gasteiger partial charge in [0.15, 0.2) is 0 Å². The maximum Gasteiger partial charge on any atom is 0.0975 e. The zero-order valence-electron chi connectivity index (χ0n) is 10.7. The molecule has 1 unspecified atom stereocenters. The molecule has 0 amide bonds. The summed E-state index contributed by atoms with van der Waals surface area (Å²) in [5, 5.41) is 8.96. The first-order chi connectivity index (χ1) is 6.97. The highest BCUT2D eigenvalue weighted by molar-refractivity contribution is 4.94. The van der Waals surface area contributed by atoms with Crippen LogP contribution in [-0.4, -0.2) is 25.0 Å². The Morgan fingerprint density at radius 1 is 1.40 bits per heavy atom. The summed E-state index contributed by atoms with van der Waals surface area (Å²) in [6.07, 6.45) is 5.56. The van der Waals surface area contributed by atoms with E-state index in [0.29, 0.717) is 5.92 Å². The summed E-state index contributed by atoms with van der Waals surface area (Å²) in [6, 6.07) is 2.40. The van der Waals surface area contributed by atoms with Crippen molar-refractivity contribution in [1.82, 2.24) is 4.90 Å². The molecule has 0 radical (unpaired) electrons. The van der Waals surface area contributed by atoms with E-state index in [9.17, 15) is 0 Å². The fourth-order valence-electron chi connectivity index (χ4n) is 1.53. The SMILES string of the molecule is CC(C)=CCC[C@H](C)CC(C#N)N(C)C. The van der Waals surface area contributed by atoms with E-state index < -0.39 is 0 Å². The number of hydrogen-bond acceptors (Lipinski definition) is 2. The summed E-state index contributed by atoms with van der Waals surface area (Å²) in [5.74, 6) is 0.618. The van der Waals surface area contributed by atoms with Crippen LogP contribution < -0.4 is 0 Å². The average molecular weight is 208 g/mol. The molecule has 2 heteroatoms. The third kappa shape index (κ3) is 7.16. The van der Waals surface area contributed by atoms with Crippen molar-refractivity contribution in [3.63, 3.8) is 0 Å². The van der Waals surface area contributed by atoms with Crippen LogP contribution in [0.25, 0.3) is 0 Å². The molecule has 0 saturated carbocycles. The monoisotopic (exact) mass is 208 g/mol. The molecular formula is C13H24N2. The molecule has 15 heavy (non-hydrogen) atoms. The molecule has 0 heterocycles. The van der Waals surface area contributed by atoms with E-state index in [2.05, 4.69) is 32.9 Å². The fraction of sp³-hybridized carbons (Fsp3) is 0.769. The molecular weight excluding hydrogens is 184 g/mol. The fourth-order valence-corrected chi connectivity index (χ4v) is 1.53. The Hall–Kier alpha value is -0.810. The molecule has 0 N–H and O–H groups in total. The van der Waals surface area contributed by atoms with Gasteiger partial charge < -0.3 is 0 Å². The van der Waals surface area contributed by atoms with Gasteiger partial charge in [-0.2, -0.15) is 5.26 Å². The van der Waals surface area contributed by atoms with Gasteiger partial charge in [-0.15, -0.1) is 0 Å². The van der Waals surface area contributed by atoms with Crippen molar-refractivity contribution >= 4 is 0 Å². The molecule has 0 aromatic rings. The minimum atomic E-state index is 0.0618. The first-order valence-electron chi connectivity index (χ1n) is 5.66. The second-order valence-corrected chi connectivity index (χ2v) is 4.81. The van der Waals surface area contributed by atoms with Crippen molar-refractivity contribution in [3.05, 3.63) is 11.6 Å². The zero-order chi connectivity index (χ0) is 11.8. The minimum absolute atomic E-state index is 0.0618. The van der Waals surface area contributed by atoms with Gasteiger partial charge in [0, 0.05) is 0 Å². The molecule has 0 spiro atoms. The minimum Gasteiger partial charge on any atom is -0.294 e. The second kappa shape index (κ2) is 7.48. The quantitative estimate of drug-likeness (QED) is 0.627. The predicted molar refractivity (Wildman–Crippen MR) is 65.5 cm³/mol. The summed E-state index contributed by atoms with van der Waals surface area (Å²) in [6.45, 7) is 6.48. The molecule has 86 valence electrons. The molecule has 0 aromatic heterocycles. The third-order valence-electron chi connectivity index (χ3n) is 2.61. The van der Waals surface area contributed by atoms with Crippen LogP contribution in [0.1, 0.15) is 40.0 Å². The lowest BCUT2D eigenvalue weighted by Gasteiger charge is -2.20. The van der Waals surface area contributed by atoms with Gasteiger partial charge in [0.25, 0.3) is 0 Å². The Morgan fingerprint density at radius 3 is 2.40 bits per heavy atom. The van der Waals surface area contributed by atoms with Crippen LogP contribution in [0.2, 0.25) is 0 Å². The van der Waals surface area contributed by atoms with E-state index in [1.165, 1.54) is 12.0 Å². The number of nitriles is 1. The van der Waals surface area contributed by atoms with Gasteiger partial charge in [0.1, 0.15) is 0 Å². The van der Waals surface area contributed by atoms with E-state index in [0.717, 1.165) is 12.8 Å². The van der Waals surface area contributed by atoms with Crippen LogP contribution in [0.15, 0.2) is 11.6 Å². The highest BCUT2D eigenvalue weighted by Crippen LogP contribution is 2.15. The van der Waals surface area contributed by atoms with E-state index in [-0.39, 0.29) is 6.04 Å². The average Bonchev–Trinajstić information content (AvgIpc) is 2.13. The Balaban J connectivity index is 3.87. The third-order valence-corrected chi connectivity index (χ3v) is 2.61. The van der Waals surface area contributed by atoms with Crippen molar-refractivity contribution in [3.8, 4) is 6.07 Å². The van der Waals surface area contributed by atoms with Crippen molar-refractivity contribution in [2.45, 2.75) is 46.1 Å². The molecule has 0 aliphatic rings. The summed E-state index contributed by atoms with van der Waals surface area (Å²) >= 11 is 0. The summed E-state index contributed by atoms with van der Waals surface area (Å²) in [4.78, 5) is 2.00. The first kappa shape index (κ1) is 14.2. The van der Waals surface area contributed by atoms with Crippen molar-refractivity contribution in [2.75, 3.05) is 14.1 Å². The normalized spacial score (nSPS) is 14.5. The number of nitrogens with zero attached hydrogens (tertiary/aromatic N) is 2. The maximum absolute atomic E-state index is 8.96. The van der Waals surface area contributed by atoms with Crippen LogP contribution in [0.5, 0.6) is 0 Å². The standard InChI is InChI=1S/C13H24N2/c1-11(2)7-6-8-12(3)9-13(10-14)15(4)5/h7,12-13H,6,8-9H2,1-5H3/t12-,13?/m0/s1. The zero-order valence-corrected chi connectivity index (χ0v) is 10.7. The van der Waals surface area contributed by atoms with Crippen LogP contribution >= 0.6 is 0 Å². The molecule has 2 atom stereocenters. The Kier molecular flexibility index (Phi) is 7.07. The topological polar surface area (TPSA) is 27.0 Å². The number of rotatable bonds is 6. The molecule has 0 fully saturated rings. The van der Waals surface area contributed by atoms with Crippen molar-refractivity contribution in [2.24, 2.45) is 5.92 Å². The van der Waals surface area contributed by atoms with Crippen LogP contribution in [-0.2, 0) is 0 Å². The lowest BCUT2D eigenvalue weighted by Crippen LogP contribution is -2.28. The molecule has 0 aromatic carbocycles. The summed E-state index contributed by atoms with van der Waals surface area (Å²) in [5.41, 5.74) is 1.38. The number of allylic oxidation sites excluding steroid dienone is 2. The molecule has 0 aliphatic heterocycles. The lowest BCUT2D eigenvalue weighted by molar-refractivity contribution is 0.295. The first-order valence-corrected chi connectivity index (χ1v) is 5.66. The molecule has 2 nitrogen and oxygen atoms in total. The van der Waals surface area contributed by atoms with E-state index in [4.69, 9.17) is 5.26 Å². The Morgan fingerprint density at radius 2 is 2.00 bits per heavy atom. The van der Waals surface area contributed by atoms with E-state index >= 15 is 0 Å². The lowest BCUT2D eigenvalue weighted by atomic mass is 9.96. The van der Waals surface area contributed by atoms with Gasteiger partial charge in [-0.05, 0) is 53.1 Å². The summed E-state index contributed by atoms with van der Waals surface area (Å²) < 4.78 is 0. The van der Waals surface area contributed by atoms with Crippen LogP contribution in [0.4, 0.5) is 0 Å². The van der Waals surface area contributed by atoms with Crippen LogP contribution in [0, 0.1) is 17.2 Å².